The van der Waals surface area contributed by atoms with Crippen molar-refractivity contribution < 1.29 is 0 Å². The Morgan fingerprint density at radius 2 is 2.27 bits per heavy atom. The molecule has 0 spiro atoms. The zero-order valence-electron chi connectivity index (χ0n) is 9.33. The van der Waals surface area contributed by atoms with E-state index in [2.05, 4.69) is 22.2 Å². The number of aromatic nitrogens is 2. The van der Waals surface area contributed by atoms with Crippen molar-refractivity contribution in [2.24, 2.45) is 5.92 Å². The lowest BCUT2D eigenvalue weighted by atomic mass is 10.1. The topological polar surface area (TPSA) is 63.8 Å². The minimum atomic E-state index is 0.342. The van der Waals surface area contributed by atoms with Crippen molar-refractivity contribution in [3.63, 3.8) is 0 Å². The Hall–Kier alpha value is -1.32. The first kappa shape index (κ1) is 10.2. The number of rotatable bonds is 2. The highest BCUT2D eigenvalue weighted by atomic mass is 15.1. The van der Waals surface area contributed by atoms with Gasteiger partial charge in [0.15, 0.2) is 0 Å². The van der Waals surface area contributed by atoms with Crippen LogP contribution in [0.4, 0.5) is 11.8 Å². The summed E-state index contributed by atoms with van der Waals surface area (Å²) in [4.78, 5) is 8.17. The third-order valence-corrected chi connectivity index (χ3v) is 3.03. The van der Waals surface area contributed by atoms with E-state index < -0.39 is 0 Å². The van der Waals surface area contributed by atoms with Gasteiger partial charge in [0.05, 0.1) is 0 Å². The Balaban J connectivity index is 2.07. The second-order valence-corrected chi connectivity index (χ2v) is 4.52. The van der Waals surface area contributed by atoms with Crippen LogP contribution in [0.1, 0.15) is 31.7 Å². The van der Waals surface area contributed by atoms with Crippen molar-refractivity contribution in [2.45, 2.75) is 39.2 Å². The third-order valence-electron chi connectivity index (χ3n) is 3.03. The molecule has 2 rings (SSSR count). The minimum absolute atomic E-state index is 0.342. The van der Waals surface area contributed by atoms with Gasteiger partial charge in [-0.05, 0) is 32.1 Å². The van der Waals surface area contributed by atoms with Crippen LogP contribution in [0.5, 0.6) is 0 Å². The number of nitrogens with zero attached hydrogens (tertiary/aromatic N) is 2. The number of hydrogen-bond acceptors (Lipinski definition) is 4. The molecule has 3 N–H and O–H groups in total. The van der Waals surface area contributed by atoms with Crippen LogP contribution in [0.3, 0.4) is 0 Å². The highest BCUT2D eigenvalue weighted by Crippen LogP contribution is 2.27. The average Bonchev–Trinajstić information content (AvgIpc) is 2.58. The molecule has 4 nitrogen and oxygen atoms in total. The van der Waals surface area contributed by atoms with E-state index >= 15 is 0 Å². The summed E-state index contributed by atoms with van der Waals surface area (Å²) in [6.45, 7) is 4.29. The van der Waals surface area contributed by atoms with Crippen LogP contribution < -0.4 is 11.1 Å². The maximum absolute atomic E-state index is 5.57. The molecule has 1 saturated carbocycles. The Kier molecular flexibility index (Phi) is 2.75. The first-order chi connectivity index (χ1) is 7.15. The summed E-state index contributed by atoms with van der Waals surface area (Å²) in [6.07, 6.45) is 5.52. The van der Waals surface area contributed by atoms with Gasteiger partial charge in [0.25, 0.3) is 0 Å². The molecule has 15 heavy (non-hydrogen) atoms. The summed E-state index contributed by atoms with van der Waals surface area (Å²) in [7, 11) is 0. The van der Waals surface area contributed by atoms with Gasteiger partial charge in [-0.25, -0.2) is 4.98 Å². The lowest BCUT2D eigenvalue weighted by molar-refractivity contribution is 0.602. The molecule has 1 aromatic heterocycles. The van der Waals surface area contributed by atoms with Gasteiger partial charge in [0, 0.05) is 17.8 Å². The van der Waals surface area contributed by atoms with E-state index in [1.54, 1.807) is 6.20 Å². The predicted octanol–water partition coefficient (Wildman–Crippen LogP) is 1.97. The van der Waals surface area contributed by atoms with Crippen molar-refractivity contribution in [3.05, 3.63) is 11.8 Å². The molecule has 0 amide bonds. The number of nitrogens with one attached hydrogen (secondary N) is 1. The van der Waals surface area contributed by atoms with E-state index in [1.807, 2.05) is 6.92 Å². The Morgan fingerprint density at radius 1 is 1.47 bits per heavy atom. The van der Waals surface area contributed by atoms with Crippen LogP contribution in [0.2, 0.25) is 0 Å². The molecule has 0 aromatic carbocycles. The van der Waals surface area contributed by atoms with Crippen molar-refractivity contribution >= 4 is 11.8 Å². The molecule has 0 radical (unpaired) electrons. The zero-order valence-corrected chi connectivity index (χ0v) is 9.33. The molecular formula is C11H18N4. The molecule has 2 unspecified atom stereocenters. The van der Waals surface area contributed by atoms with Crippen molar-refractivity contribution in [2.75, 3.05) is 11.1 Å². The zero-order chi connectivity index (χ0) is 10.8. The molecule has 82 valence electrons. The highest BCUT2D eigenvalue weighted by Gasteiger charge is 2.21. The van der Waals surface area contributed by atoms with Gasteiger partial charge < -0.3 is 11.1 Å². The highest BCUT2D eigenvalue weighted by molar-refractivity contribution is 5.45. The van der Waals surface area contributed by atoms with E-state index in [0.717, 1.165) is 17.3 Å². The van der Waals surface area contributed by atoms with Crippen molar-refractivity contribution in [3.8, 4) is 0 Å². The molecule has 1 fully saturated rings. The Morgan fingerprint density at radius 3 is 2.93 bits per heavy atom. The summed E-state index contributed by atoms with van der Waals surface area (Å²) in [5, 5.41) is 3.45. The van der Waals surface area contributed by atoms with Crippen LogP contribution >= 0.6 is 0 Å². The number of hydrogen-bond donors (Lipinski definition) is 2. The fourth-order valence-corrected chi connectivity index (χ4v) is 2.13. The Labute approximate surface area is 90.3 Å². The van der Waals surface area contributed by atoms with E-state index in [9.17, 15) is 0 Å². The standard InChI is InChI=1S/C11H18N4/c1-7-3-4-9(5-7)14-10-8(2)6-13-11(12)15-10/h6-7,9H,3-5H2,1-2H3,(H3,12,13,14,15). The minimum Gasteiger partial charge on any atom is -0.368 e. The normalized spacial score (nSPS) is 25.5. The summed E-state index contributed by atoms with van der Waals surface area (Å²) in [6, 6.07) is 0.549. The number of nitrogens with two attached hydrogens (primary N) is 1. The van der Waals surface area contributed by atoms with Gasteiger partial charge in [0.1, 0.15) is 5.82 Å². The summed E-state index contributed by atoms with van der Waals surface area (Å²) >= 11 is 0. The molecule has 0 bridgehead atoms. The molecule has 1 aliphatic carbocycles. The maximum Gasteiger partial charge on any atom is 0.221 e. The maximum atomic E-state index is 5.57. The van der Waals surface area contributed by atoms with Crippen LogP contribution in [-0.4, -0.2) is 16.0 Å². The summed E-state index contributed by atoms with van der Waals surface area (Å²) in [5.74, 6) is 2.05. The van der Waals surface area contributed by atoms with Gasteiger partial charge in [-0.2, -0.15) is 4.98 Å². The van der Waals surface area contributed by atoms with E-state index in [4.69, 9.17) is 5.73 Å². The summed E-state index contributed by atoms with van der Waals surface area (Å²) < 4.78 is 0. The van der Waals surface area contributed by atoms with Crippen LogP contribution in [0, 0.1) is 12.8 Å². The second kappa shape index (κ2) is 4.04. The van der Waals surface area contributed by atoms with E-state index in [0.29, 0.717) is 12.0 Å². The largest absolute Gasteiger partial charge is 0.368 e. The third kappa shape index (κ3) is 2.37. The fourth-order valence-electron chi connectivity index (χ4n) is 2.13. The van der Waals surface area contributed by atoms with Crippen molar-refractivity contribution in [1.29, 1.82) is 0 Å². The molecule has 4 heteroatoms. The molecule has 1 heterocycles. The average molecular weight is 206 g/mol. The van der Waals surface area contributed by atoms with Gasteiger partial charge in [-0.1, -0.05) is 6.92 Å². The number of anilines is 2. The number of nitrogen functional groups attached to an aromatic ring is 1. The smallest absolute Gasteiger partial charge is 0.221 e. The molecule has 1 aliphatic rings. The predicted molar refractivity (Wildman–Crippen MR) is 61.6 cm³/mol. The molecule has 1 aromatic rings. The first-order valence-electron chi connectivity index (χ1n) is 5.51. The second-order valence-electron chi connectivity index (χ2n) is 4.52. The van der Waals surface area contributed by atoms with Gasteiger partial charge in [0.2, 0.25) is 5.95 Å². The SMILES string of the molecule is Cc1cnc(N)nc1NC1CCC(C)C1. The molecular weight excluding hydrogens is 188 g/mol. The quantitative estimate of drug-likeness (QED) is 0.776. The monoisotopic (exact) mass is 206 g/mol. The van der Waals surface area contributed by atoms with E-state index in [1.165, 1.54) is 19.3 Å². The molecule has 0 saturated heterocycles. The summed E-state index contributed by atoms with van der Waals surface area (Å²) in [5.41, 5.74) is 6.63. The van der Waals surface area contributed by atoms with E-state index in [-0.39, 0.29) is 0 Å². The van der Waals surface area contributed by atoms with Crippen LogP contribution in [0.25, 0.3) is 0 Å². The molecule has 2 atom stereocenters. The van der Waals surface area contributed by atoms with Crippen LogP contribution in [-0.2, 0) is 0 Å². The fraction of sp³-hybridized carbons (Fsp3) is 0.636. The molecule has 0 aliphatic heterocycles. The lowest BCUT2D eigenvalue weighted by Crippen LogP contribution is -2.17. The van der Waals surface area contributed by atoms with Crippen LogP contribution in [0.15, 0.2) is 6.20 Å². The van der Waals surface area contributed by atoms with Crippen molar-refractivity contribution in [1.82, 2.24) is 9.97 Å². The Bertz CT molecular complexity index is 350. The first-order valence-corrected chi connectivity index (χ1v) is 5.51. The van der Waals surface area contributed by atoms with Gasteiger partial charge >= 0.3 is 0 Å². The number of aryl methyl sites for hydroxylation is 1. The van der Waals surface area contributed by atoms with Gasteiger partial charge in [-0.15, -0.1) is 0 Å². The lowest BCUT2D eigenvalue weighted by Gasteiger charge is -2.14. The van der Waals surface area contributed by atoms with Gasteiger partial charge in [-0.3, -0.25) is 0 Å².